The van der Waals surface area contributed by atoms with E-state index in [0.29, 0.717) is 11.5 Å². The maximum atomic E-state index is 3.75. The topological polar surface area (TPSA) is 12.0 Å². The minimum absolute atomic E-state index is 0.455. The molecule has 1 nitrogen and oxygen atoms in total. The molecule has 1 heteroatoms. The van der Waals surface area contributed by atoms with Crippen molar-refractivity contribution < 1.29 is 0 Å². The molecule has 12 heavy (non-hydrogen) atoms. The minimum atomic E-state index is 0.455. The van der Waals surface area contributed by atoms with Crippen LogP contribution in [0.2, 0.25) is 0 Å². The smallest absolute Gasteiger partial charge is 0.00986 e. The van der Waals surface area contributed by atoms with Crippen LogP contribution in [0, 0.1) is 5.41 Å². The summed E-state index contributed by atoms with van der Waals surface area (Å²) in [5, 5.41) is 3.30. The molecule has 0 radical (unpaired) electrons. The summed E-state index contributed by atoms with van der Waals surface area (Å²) in [5.74, 6) is 0. The highest BCUT2D eigenvalue weighted by atomic mass is 14.9. The first-order chi connectivity index (χ1) is 5.49. The largest absolute Gasteiger partial charge is 0.317 e. The van der Waals surface area contributed by atoms with Gasteiger partial charge in [-0.25, -0.2) is 0 Å². The molecule has 0 rings (SSSR count). The monoisotopic (exact) mass is 169 g/mol. The summed E-state index contributed by atoms with van der Waals surface area (Å²) < 4.78 is 0. The van der Waals surface area contributed by atoms with Crippen molar-refractivity contribution in [1.29, 1.82) is 0 Å². The van der Waals surface area contributed by atoms with Gasteiger partial charge in [0, 0.05) is 6.04 Å². The van der Waals surface area contributed by atoms with Crippen LogP contribution in [0.3, 0.4) is 0 Å². The average Bonchev–Trinajstić information content (AvgIpc) is 1.96. The highest BCUT2D eigenvalue weighted by Crippen LogP contribution is 2.22. The van der Waals surface area contributed by atoms with Gasteiger partial charge in [-0.15, -0.1) is 6.58 Å². The van der Waals surface area contributed by atoms with E-state index in [0.717, 1.165) is 6.42 Å². The van der Waals surface area contributed by atoms with E-state index in [1.54, 1.807) is 0 Å². The SMILES string of the molecule is C=CCC(CCC(C)(C)C)NC. The summed E-state index contributed by atoms with van der Waals surface area (Å²) in [7, 11) is 2.02. The summed E-state index contributed by atoms with van der Waals surface area (Å²) in [5.41, 5.74) is 0.455. The van der Waals surface area contributed by atoms with Crippen LogP contribution in [0.15, 0.2) is 12.7 Å². The van der Waals surface area contributed by atoms with Crippen molar-refractivity contribution in [1.82, 2.24) is 5.32 Å². The van der Waals surface area contributed by atoms with Crippen LogP contribution in [0.4, 0.5) is 0 Å². The van der Waals surface area contributed by atoms with Gasteiger partial charge in [0.05, 0.1) is 0 Å². The fourth-order valence-corrected chi connectivity index (χ4v) is 1.19. The van der Waals surface area contributed by atoms with Gasteiger partial charge in [-0.05, 0) is 31.7 Å². The van der Waals surface area contributed by atoms with E-state index in [9.17, 15) is 0 Å². The van der Waals surface area contributed by atoms with Gasteiger partial charge in [-0.2, -0.15) is 0 Å². The van der Waals surface area contributed by atoms with Crippen LogP contribution in [0.25, 0.3) is 0 Å². The molecule has 0 fully saturated rings. The first-order valence-electron chi connectivity index (χ1n) is 4.78. The van der Waals surface area contributed by atoms with Crippen molar-refractivity contribution in [2.45, 2.75) is 46.1 Å². The Hall–Kier alpha value is -0.300. The predicted octanol–water partition coefficient (Wildman–Crippen LogP) is 2.98. The fraction of sp³-hybridized carbons (Fsp3) is 0.818. The predicted molar refractivity (Wildman–Crippen MR) is 56.4 cm³/mol. The Kier molecular flexibility index (Phi) is 5.23. The third-order valence-electron chi connectivity index (χ3n) is 2.10. The molecule has 72 valence electrons. The molecule has 0 aromatic rings. The van der Waals surface area contributed by atoms with Crippen LogP contribution < -0.4 is 5.32 Å². The number of hydrogen-bond acceptors (Lipinski definition) is 1. The molecule has 0 heterocycles. The molecule has 1 atom stereocenters. The lowest BCUT2D eigenvalue weighted by atomic mass is 9.88. The first-order valence-corrected chi connectivity index (χ1v) is 4.78. The molecule has 0 spiro atoms. The van der Waals surface area contributed by atoms with Gasteiger partial charge < -0.3 is 5.32 Å². The van der Waals surface area contributed by atoms with E-state index < -0.39 is 0 Å². The van der Waals surface area contributed by atoms with E-state index >= 15 is 0 Å². The van der Waals surface area contributed by atoms with Gasteiger partial charge in [0.1, 0.15) is 0 Å². The van der Waals surface area contributed by atoms with Crippen LogP contribution in [0.1, 0.15) is 40.0 Å². The van der Waals surface area contributed by atoms with E-state index in [-0.39, 0.29) is 0 Å². The van der Waals surface area contributed by atoms with Gasteiger partial charge in [0.25, 0.3) is 0 Å². The summed E-state index contributed by atoms with van der Waals surface area (Å²) in [6, 6.07) is 0.613. The summed E-state index contributed by atoms with van der Waals surface area (Å²) >= 11 is 0. The van der Waals surface area contributed by atoms with Crippen LogP contribution in [0.5, 0.6) is 0 Å². The van der Waals surface area contributed by atoms with Crippen molar-refractivity contribution in [2.24, 2.45) is 5.41 Å². The van der Waals surface area contributed by atoms with Gasteiger partial charge in [-0.3, -0.25) is 0 Å². The molecule has 0 aliphatic rings. The molecular weight excluding hydrogens is 146 g/mol. The Morgan fingerprint density at radius 3 is 2.33 bits per heavy atom. The Morgan fingerprint density at radius 2 is 2.00 bits per heavy atom. The van der Waals surface area contributed by atoms with E-state index in [1.807, 2.05) is 13.1 Å². The minimum Gasteiger partial charge on any atom is -0.317 e. The zero-order chi connectivity index (χ0) is 9.61. The third-order valence-corrected chi connectivity index (χ3v) is 2.10. The molecule has 0 saturated heterocycles. The van der Waals surface area contributed by atoms with Gasteiger partial charge in [-0.1, -0.05) is 26.8 Å². The molecule has 1 unspecified atom stereocenters. The van der Waals surface area contributed by atoms with E-state index in [2.05, 4.69) is 32.7 Å². The molecule has 0 amide bonds. The highest BCUT2D eigenvalue weighted by Gasteiger charge is 2.12. The molecule has 0 aliphatic carbocycles. The normalized spacial score (nSPS) is 14.3. The molecular formula is C11H23N. The molecule has 0 aliphatic heterocycles. The molecule has 1 N–H and O–H groups in total. The Bertz CT molecular complexity index is 121. The number of hydrogen-bond donors (Lipinski definition) is 1. The maximum absolute atomic E-state index is 3.75. The van der Waals surface area contributed by atoms with Gasteiger partial charge >= 0.3 is 0 Å². The molecule has 0 bridgehead atoms. The lowest BCUT2D eigenvalue weighted by Crippen LogP contribution is -2.25. The number of nitrogens with one attached hydrogen (secondary N) is 1. The van der Waals surface area contributed by atoms with E-state index in [4.69, 9.17) is 0 Å². The lowest BCUT2D eigenvalue weighted by Gasteiger charge is -2.22. The zero-order valence-electron chi connectivity index (χ0n) is 8.98. The van der Waals surface area contributed by atoms with Crippen LogP contribution in [-0.2, 0) is 0 Å². The second-order valence-corrected chi connectivity index (χ2v) is 4.61. The Balaban J connectivity index is 3.64. The van der Waals surface area contributed by atoms with Crippen LogP contribution >= 0.6 is 0 Å². The molecule has 0 aromatic carbocycles. The number of rotatable bonds is 5. The molecule has 0 aromatic heterocycles. The first kappa shape index (κ1) is 11.7. The highest BCUT2D eigenvalue weighted by molar-refractivity contribution is 4.78. The quantitative estimate of drug-likeness (QED) is 0.624. The van der Waals surface area contributed by atoms with Gasteiger partial charge in [0.2, 0.25) is 0 Å². The second-order valence-electron chi connectivity index (χ2n) is 4.61. The third kappa shape index (κ3) is 6.41. The lowest BCUT2D eigenvalue weighted by molar-refractivity contribution is 0.336. The standard InChI is InChI=1S/C11H23N/c1-6-7-10(12-5)8-9-11(2,3)4/h6,10,12H,1,7-9H2,2-5H3. The molecule has 0 saturated carbocycles. The summed E-state index contributed by atoms with van der Waals surface area (Å²) in [6.07, 6.45) is 5.58. The van der Waals surface area contributed by atoms with E-state index in [1.165, 1.54) is 12.8 Å². The Morgan fingerprint density at radius 1 is 1.42 bits per heavy atom. The van der Waals surface area contributed by atoms with Crippen LogP contribution in [-0.4, -0.2) is 13.1 Å². The summed E-state index contributed by atoms with van der Waals surface area (Å²) in [4.78, 5) is 0. The average molecular weight is 169 g/mol. The maximum Gasteiger partial charge on any atom is 0.00986 e. The fourth-order valence-electron chi connectivity index (χ4n) is 1.19. The van der Waals surface area contributed by atoms with Gasteiger partial charge in [0.15, 0.2) is 0 Å². The van der Waals surface area contributed by atoms with Crippen molar-refractivity contribution >= 4 is 0 Å². The summed E-state index contributed by atoms with van der Waals surface area (Å²) in [6.45, 7) is 10.6. The van der Waals surface area contributed by atoms with Crippen molar-refractivity contribution in [3.05, 3.63) is 12.7 Å². The zero-order valence-corrected chi connectivity index (χ0v) is 8.98. The second kappa shape index (κ2) is 5.36. The van der Waals surface area contributed by atoms with Crippen molar-refractivity contribution in [3.8, 4) is 0 Å². The van der Waals surface area contributed by atoms with Crippen molar-refractivity contribution in [2.75, 3.05) is 7.05 Å². The van der Waals surface area contributed by atoms with Crippen molar-refractivity contribution in [3.63, 3.8) is 0 Å². The Labute approximate surface area is 77.2 Å².